The number of hydrogen-bond acceptors (Lipinski definition) is 5. The highest BCUT2D eigenvalue weighted by Crippen LogP contribution is 2.25. The number of thiazole rings is 1. The highest BCUT2D eigenvalue weighted by Gasteiger charge is 2.09. The second kappa shape index (κ2) is 5.70. The molecule has 1 heterocycles. The lowest BCUT2D eigenvalue weighted by Crippen LogP contribution is -2.11. The van der Waals surface area contributed by atoms with E-state index in [4.69, 9.17) is 0 Å². The summed E-state index contributed by atoms with van der Waals surface area (Å²) in [6.45, 7) is 3.66. The van der Waals surface area contributed by atoms with E-state index in [2.05, 4.69) is 10.3 Å². The molecule has 0 aliphatic carbocycles. The first-order chi connectivity index (χ1) is 8.70. The van der Waals surface area contributed by atoms with Gasteiger partial charge in [0.05, 0.1) is 10.6 Å². The fourth-order valence-electron chi connectivity index (χ4n) is 1.54. The summed E-state index contributed by atoms with van der Waals surface area (Å²) >= 11 is 1.56. The highest BCUT2D eigenvalue weighted by atomic mass is 32.1. The average molecular weight is 263 g/mol. The van der Waals surface area contributed by atoms with Crippen LogP contribution in [0.25, 0.3) is 11.3 Å². The van der Waals surface area contributed by atoms with Gasteiger partial charge in [0, 0.05) is 29.6 Å². The van der Waals surface area contributed by atoms with Crippen molar-refractivity contribution in [3.8, 4) is 11.3 Å². The summed E-state index contributed by atoms with van der Waals surface area (Å²) in [7, 11) is 0. The molecule has 94 valence electrons. The molecule has 0 spiro atoms. The Bertz CT molecular complexity index is 554. The van der Waals surface area contributed by atoms with Crippen molar-refractivity contribution in [1.29, 1.82) is 0 Å². The van der Waals surface area contributed by atoms with E-state index in [0.29, 0.717) is 0 Å². The molecular formula is C12H13N3O2S. The Labute approximate surface area is 109 Å². The summed E-state index contributed by atoms with van der Waals surface area (Å²) in [6, 6.07) is 6.54. The number of nitrogens with zero attached hydrogens (tertiary/aromatic N) is 2. The number of hydrogen-bond donors (Lipinski definition) is 1. The van der Waals surface area contributed by atoms with Crippen LogP contribution in [0.2, 0.25) is 0 Å². The Morgan fingerprint density at radius 2 is 2.33 bits per heavy atom. The van der Waals surface area contributed by atoms with Crippen molar-refractivity contribution in [3.05, 3.63) is 44.8 Å². The zero-order valence-corrected chi connectivity index (χ0v) is 10.7. The molecule has 0 fully saturated rings. The zero-order valence-electron chi connectivity index (χ0n) is 9.92. The number of aromatic nitrogens is 1. The molecule has 0 unspecified atom stereocenters. The lowest BCUT2D eigenvalue weighted by Gasteiger charge is -1.97. The van der Waals surface area contributed by atoms with Crippen LogP contribution in [0, 0.1) is 10.1 Å². The molecule has 0 atom stereocenters. The van der Waals surface area contributed by atoms with E-state index in [-0.39, 0.29) is 5.69 Å². The predicted molar refractivity (Wildman–Crippen MR) is 71.6 cm³/mol. The molecule has 1 aromatic heterocycles. The van der Waals surface area contributed by atoms with Gasteiger partial charge < -0.3 is 5.32 Å². The summed E-state index contributed by atoms with van der Waals surface area (Å²) in [5, 5.41) is 16.8. The van der Waals surface area contributed by atoms with Gasteiger partial charge in [0.1, 0.15) is 5.01 Å². The first-order valence-electron chi connectivity index (χ1n) is 5.60. The van der Waals surface area contributed by atoms with Crippen LogP contribution in [0.1, 0.15) is 11.9 Å². The molecule has 0 amide bonds. The number of rotatable bonds is 5. The lowest BCUT2D eigenvalue weighted by molar-refractivity contribution is -0.384. The van der Waals surface area contributed by atoms with Crippen LogP contribution in [0.5, 0.6) is 0 Å². The van der Waals surface area contributed by atoms with Gasteiger partial charge in [-0.1, -0.05) is 19.1 Å². The van der Waals surface area contributed by atoms with Gasteiger partial charge >= 0.3 is 0 Å². The first kappa shape index (κ1) is 12.7. The second-order valence-corrected chi connectivity index (χ2v) is 4.66. The molecule has 1 aromatic carbocycles. The average Bonchev–Trinajstić information content (AvgIpc) is 2.85. The number of nitro benzene ring substituents is 1. The van der Waals surface area contributed by atoms with Crippen molar-refractivity contribution in [1.82, 2.24) is 10.3 Å². The van der Waals surface area contributed by atoms with Crippen molar-refractivity contribution in [3.63, 3.8) is 0 Å². The topological polar surface area (TPSA) is 68.1 Å². The standard InChI is InChI=1S/C12H13N3O2S/c1-2-13-7-12-14-11(8-18-12)9-4-3-5-10(6-9)15(16)17/h3-6,8,13H,2,7H2,1H3. The van der Waals surface area contributed by atoms with Crippen LogP contribution in [-0.2, 0) is 6.54 Å². The van der Waals surface area contributed by atoms with E-state index in [1.165, 1.54) is 6.07 Å². The Hall–Kier alpha value is -1.79. The van der Waals surface area contributed by atoms with Gasteiger partial charge in [0.2, 0.25) is 0 Å². The predicted octanol–water partition coefficient (Wildman–Crippen LogP) is 2.83. The Morgan fingerprint density at radius 3 is 3.06 bits per heavy atom. The van der Waals surface area contributed by atoms with Gasteiger partial charge in [-0.3, -0.25) is 10.1 Å². The van der Waals surface area contributed by atoms with Gasteiger partial charge in [-0.25, -0.2) is 4.98 Å². The molecule has 0 saturated carbocycles. The van der Waals surface area contributed by atoms with Crippen molar-refractivity contribution in [2.75, 3.05) is 6.54 Å². The fraction of sp³-hybridized carbons (Fsp3) is 0.250. The third-order valence-electron chi connectivity index (χ3n) is 2.43. The van der Waals surface area contributed by atoms with E-state index < -0.39 is 4.92 Å². The molecule has 0 aliphatic rings. The minimum Gasteiger partial charge on any atom is -0.311 e. The van der Waals surface area contributed by atoms with E-state index >= 15 is 0 Å². The number of nitro groups is 1. The smallest absolute Gasteiger partial charge is 0.270 e. The molecule has 0 radical (unpaired) electrons. The fourth-order valence-corrected chi connectivity index (χ4v) is 2.31. The molecular weight excluding hydrogens is 250 g/mol. The van der Waals surface area contributed by atoms with Crippen molar-refractivity contribution >= 4 is 17.0 Å². The second-order valence-electron chi connectivity index (χ2n) is 3.71. The Morgan fingerprint density at radius 1 is 1.50 bits per heavy atom. The summed E-state index contributed by atoms with van der Waals surface area (Å²) in [6.07, 6.45) is 0. The molecule has 1 N–H and O–H groups in total. The quantitative estimate of drug-likeness (QED) is 0.665. The van der Waals surface area contributed by atoms with E-state index in [1.807, 2.05) is 18.4 Å². The minimum atomic E-state index is -0.393. The molecule has 2 aromatic rings. The van der Waals surface area contributed by atoms with Gasteiger partial charge in [-0.2, -0.15) is 0 Å². The van der Waals surface area contributed by atoms with Crippen LogP contribution in [0.3, 0.4) is 0 Å². The number of benzene rings is 1. The normalized spacial score (nSPS) is 10.5. The minimum absolute atomic E-state index is 0.0914. The maximum Gasteiger partial charge on any atom is 0.270 e. The van der Waals surface area contributed by atoms with Crippen molar-refractivity contribution < 1.29 is 4.92 Å². The molecule has 18 heavy (non-hydrogen) atoms. The third-order valence-corrected chi connectivity index (χ3v) is 3.28. The van der Waals surface area contributed by atoms with Crippen LogP contribution >= 0.6 is 11.3 Å². The molecule has 0 saturated heterocycles. The summed E-state index contributed by atoms with van der Waals surface area (Å²) in [5.74, 6) is 0. The van der Waals surface area contributed by atoms with E-state index in [1.54, 1.807) is 23.5 Å². The van der Waals surface area contributed by atoms with Crippen LogP contribution in [0.15, 0.2) is 29.6 Å². The maximum absolute atomic E-state index is 10.7. The molecule has 0 bridgehead atoms. The molecule has 2 rings (SSSR count). The largest absolute Gasteiger partial charge is 0.311 e. The van der Waals surface area contributed by atoms with Crippen LogP contribution in [0.4, 0.5) is 5.69 Å². The Balaban J connectivity index is 2.23. The summed E-state index contributed by atoms with van der Waals surface area (Å²) in [5.41, 5.74) is 1.66. The van der Waals surface area contributed by atoms with E-state index in [0.717, 1.165) is 29.4 Å². The number of non-ortho nitro benzene ring substituents is 1. The third kappa shape index (κ3) is 2.91. The lowest BCUT2D eigenvalue weighted by atomic mass is 10.1. The van der Waals surface area contributed by atoms with Gasteiger partial charge in [-0.15, -0.1) is 11.3 Å². The summed E-state index contributed by atoms with van der Waals surface area (Å²) < 4.78 is 0. The maximum atomic E-state index is 10.7. The number of nitrogens with one attached hydrogen (secondary N) is 1. The summed E-state index contributed by atoms with van der Waals surface area (Å²) in [4.78, 5) is 14.8. The van der Waals surface area contributed by atoms with Crippen LogP contribution in [-0.4, -0.2) is 16.5 Å². The van der Waals surface area contributed by atoms with Gasteiger partial charge in [-0.05, 0) is 6.54 Å². The van der Waals surface area contributed by atoms with Crippen LogP contribution < -0.4 is 5.32 Å². The van der Waals surface area contributed by atoms with Crippen molar-refractivity contribution in [2.45, 2.75) is 13.5 Å². The molecule has 5 nitrogen and oxygen atoms in total. The van der Waals surface area contributed by atoms with Crippen molar-refractivity contribution in [2.24, 2.45) is 0 Å². The van der Waals surface area contributed by atoms with Gasteiger partial charge in [0.25, 0.3) is 5.69 Å². The first-order valence-corrected chi connectivity index (χ1v) is 6.48. The zero-order chi connectivity index (χ0) is 13.0. The molecule has 6 heteroatoms. The highest BCUT2D eigenvalue weighted by molar-refractivity contribution is 7.09. The van der Waals surface area contributed by atoms with Gasteiger partial charge in [0.15, 0.2) is 0 Å². The molecule has 0 aliphatic heterocycles. The monoisotopic (exact) mass is 263 g/mol. The van der Waals surface area contributed by atoms with E-state index in [9.17, 15) is 10.1 Å². The Kier molecular flexibility index (Phi) is 4.01. The SMILES string of the molecule is CCNCc1nc(-c2cccc([N+](=O)[O-])c2)cs1.